The van der Waals surface area contributed by atoms with Gasteiger partial charge in [0.2, 0.25) is 0 Å². The summed E-state index contributed by atoms with van der Waals surface area (Å²) in [5, 5.41) is 0. The molecular formula is C21H26N2O2. The van der Waals surface area contributed by atoms with Crippen LogP contribution < -0.4 is 10.5 Å². The number of hydrogen-bond acceptors (Lipinski definition) is 3. The molecular weight excluding hydrogens is 312 g/mol. The van der Waals surface area contributed by atoms with Crippen LogP contribution in [0.1, 0.15) is 41.4 Å². The highest BCUT2D eigenvalue weighted by molar-refractivity contribution is 5.94. The summed E-state index contributed by atoms with van der Waals surface area (Å²) in [5.74, 6) is 0.808. The van der Waals surface area contributed by atoms with Gasteiger partial charge in [-0.05, 0) is 49.2 Å². The van der Waals surface area contributed by atoms with Gasteiger partial charge in [0, 0.05) is 18.7 Å². The van der Waals surface area contributed by atoms with E-state index in [4.69, 9.17) is 10.5 Å². The zero-order chi connectivity index (χ0) is 18.8. The maximum atomic E-state index is 12.5. The van der Waals surface area contributed by atoms with Crippen molar-refractivity contribution in [2.75, 3.05) is 20.2 Å². The van der Waals surface area contributed by atoms with E-state index in [1.54, 1.807) is 12.0 Å². The number of nitrogens with zero attached hydrogens (tertiary/aromatic N) is 1. The largest absolute Gasteiger partial charge is 0.497 e. The van der Waals surface area contributed by atoms with Crippen LogP contribution in [0.4, 0.5) is 0 Å². The SMILES string of the molecule is C#C.CCN(CC)C(=O)c1cccc(C(N)c2cccc(OC)c2)c1. The van der Waals surface area contributed by atoms with Gasteiger partial charge in [-0.1, -0.05) is 24.3 Å². The summed E-state index contributed by atoms with van der Waals surface area (Å²) >= 11 is 0. The van der Waals surface area contributed by atoms with Gasteiger partial charge in [-0.3, -0.25) is 4.79 Å². The molecule has 0 fully saturated rings. The lowest BCUT2D eigenvalue weighted by molar-refractivity contribution is 0.0773. The Hall–Kier alpha value is -2.77. The lowest BCUT2D eigenvalue weighted by Crippen LogP contribution is -2.30. The highest BCUT2D eigenvalue weighted by Crippen LogP contribution is 2.24. The molecule has 0 heterocycles. The van der Waals surface area contributed by atoms with E-state index in [-0.39, 0.29) is 11.9 Å². The van der Waals surface area contributed by atoms with Gasteiger partial charge >= 0.3 is 0 Å². The average molecular weight is 338 g/mol. The Labute approximate surface area is 150 Å². The van der Waals surface area contributed by atoms with E-state index < -0.39 is 0 Å². The smallest absolute Gasteiger partial charge is 0.253 e. The number of carbonyl (C=O) groups is 1. The van der Waals surface area contributed by atoms with E-state index in [0.717, 1.165) is 16.9 Å². The zero-order valence-corrected chi connectivity index (χ0v) is 15.1. The van der Waals surface area contributed by atoms with Gasteiger partial charge in [0.1, 0.15) is 5.75 Å². The van der Waals surface area contributed by atoms with Crippen LogP contribution in [0.3, 0.4) is 0 Å². The Balaban J connectivity index is 0.00000151. The van der Waals surface area contributed by atoms with Crippen LogP contribution in [0.2, 0.25) is 0 Å². The molecule has 0 saturated heterocycles. The van der Waals surface area contributed by atoms with Gasteiger partial charge in [0.05, 0.1) is 13.2 Å². The minimum Gasteiger partial charge on any atom is -0.497 e. The van der Waals surface area contributed by atoms with Crippen molar-refractivity contribution in [3.63, 3.8) is 0 Å². The first-order valence-corrected chi connectivity index (χ1v) is 8.22. The van der Waals surface area contributed by atoms with Crippen molar-refractivity contribution < 1.29 is 9.53 Å². The molecule has 2 aromatic carbocycles. The number of rotatable bonds is 6. The summed E-state index contributed by atoms with van der Waals surface area (Å²) in [6.45, 7) is 5.35. The molecule has 4 nitrogen and oxygen atoms in total. The number of nitrogens with two attached hydrogens (primary N) is 1. The minimum absolute atomic E-state index is 0.0368. The predicted octanol–water partition coefficient (Wildman–Crippen LogP) is 3.47. The number of carbonyl (C=O) groups excluding carboxylic acids is 1. The van der Waals surface area contributed by atoms with Crippen molar-refractivity contribution in [1.29, 1.82) is 0 Å². The average Bonchev–Trinajstić information content (AvgIpc) is 2.70. The summed E-state index contributed by atoms with van der Waals surface area (Å²) < 4.78 is 5.25. The molecule has 0 aliphatic carbocycles. The highest BCUT2D eigenvalue weighted by atomic mass is 16.5. The summed E-state index contributed by atoms with van der Waals surface area (Å²) in [4.78, 5) is 14.3. The van der Waals surface area contributed by atoms with E-state index in [9.17, 15) is 4.79 Å². The van der Waals surface area contributed by atoms with E-state index in [0.29, 0.717) is 18.7 Å². The second-order valence-electron chi connectivity index (χ2n) is 5.36. The molecule has 0 radical (unpaired) electrons. The Morgan fingerprint density at radius 2 is 1.64 bits per heavy atom. The Kier molecular flexibility index (Phi) is 8.25. The number of terminal acetylenes is 1. The van der Waals surface area contributed by atoms with Crippen LogP contribution in [0.15, 0.2) is 48.5 Å². The number of ether oxygens (including phenoxy) is 1. The second kappa shape index (κ2) is 10.2. The fourth-order valence-corrected chi connectivity index (χ4v) is 2.59. The third-order valence-corrected chi connectivity index (χ3v) is 4.00. The summed E-state index contributed by atoms with van der Waals surface area (Å²) in [6, 6.07) is 14.9. The summed E-state index contributed by atoms with van der Waals surface area (Å²) in [7, 11) is 1.63. The van der Waals surface area contributed by atoms with Crippen molar-refractivity contribution >= 4 is 5.91 Å². The van der Waals surface area contributed by atoms with Gasteiger partial charge < -0.3 is 15.4 Å². The molecule has 2 N–H and O–H groups in total. The molecule has 4 heteroatoms. The van der Waals surface area contributed by atoms with Gasteiger partial charge in [0.15, 0.2) is 0 Å². The van der Waals surface area contributed by atoms with Gasteiger partial charge in [0.25, 0.3) is 5.91 Å². The third kappa shape index (κ3) is 5.10. The van der Waals surface area contributed by atoms with Crippen molar-refractivity contribution in [2.24, 2.45) is 5.73 Å². The fourth-order valence-electron chi connectivity index (χ4n) is 2.59. The first-order valence-electron chi connectivity index (χ1n) is 8.22. The van der Waals surface area contributed by atoms with Crippen LogP contribution >= 0.6 is 0 Å². The highest BCUT2D eigenvalue weighted by Gasteiger charge is 2.15. The maximum absolute atomic E-state index is 12.5. The quantitative estimate of drug-likeness (QED) is 0.821. The van der Waals surface area contributed by atoms with Gasteiger partial charge in [-0.2, -0.15) is 0 Å². The maximum Gasteiger partial charge on any atom is 0.253 e. The van der Waals surface area contributed by atoms with Crippen LogP contribution in [-0.2, 0) is 0 Å². The molecule has 0 aliphatic heterocycles. The molecule has 1 atom stereocenters. The first-order chi connectivity index (χ1) is 12.1. The standard InChI is InChI=1S/C19H24N2O2.C2H2/c1-4-21(5-2)19(22)16-10-6-8-14(12-16)18(20)15-9-7-11-17(13-15)23-3;1-2/h6-13,18H,4-5,20H2,1-3H3;1-2H. The van der Waals surface area contributed by atoms with Crippen molar-refractivity contribution in [2.45, 2.75) is 19.9 Å². The van der Waals surface area contributed by atoms with E-state index in [1.807, 2.05) is 62.4 Å². The normalized spacial score (nSPS) is 11.0. The molecule has 132 valence electrons. The topological polar surface area (TPSA) is 55.6 Å². The van der Waals surface area contributed by atoms with Crippen molar-refractivity contribution in [3.8, 4) is 18.6 Å². The Morgan fingerprint density at radius 1 is 1.08 bits per heavy atom. The molecule has 0 spiro atoms. The molecule has 0 saturated carbocycles. The molecule has 2 rings (SSSR count). The molecule has 1 amide bonds. The minimum atomic E-state index is -0.297. The molecule has 1 unspecified atom stereocenters. The molecule has 0 aromatic heterocycles. The predicted molar refractivity (Wildman–Crippen MR) is 103 cm³/mol. The van der Waals surface area contributed by atoms with Gasteiger partial charge in [-0.25, -0.2) is 0 Å². The summed E-state index contributed by atoms with van der Waals surface area (Å²) in [5.41, 5.74) is 8.91. The summed E-state index contributed by atoms with van der Waals surface area (Å²) in [6.07, 6.45) is 8.00. The van der Waals surface area contributed by atoms with E-state index >= 15 is 0 Å². The third-order valence-electron chi connectivity index (χ3n) is 4.00. The van der Waals surface area contributed by atoms with Crippen LogP contribution in [0.25, 0.3) is 0 Å². The van der Waals surface area contributed by atoms with Gasteiger partial charge in [-0.15, -0.1) is 12.8 Å². The molecule has 0 bridgehead atoms. The lowest BCUT2D eigenvalue weighted by atomic mass is 9.97. The number of hydrogen-bond donors (Lipinski definition) is 1. The van der Waals surface area contributed by atoms with Crippen molar-refractivity contribution in [1.82, 2.24) is 4.90 Å². The lowest BCUT2D eigenvalue weighted by Gasteiger charge is -2.20. The van der Waals surface area contributed by atoms with Crippen molar-refractivity contribution in [3.05, 3.63) is 65.2 Å². The second-order valence-corrected chi connectivity index (χ2v) is 5.36. The fraction of sp³-hybridized carbons (Fsp3) is 0.286. The number of methoxy groups -OCH3 is 1. The first kappa shape index (κ1) is 20.3. The number of amides is 1. The monoisotopic (exact) mass is 338 g/mol. The van der Waals surface area contributed by atoms with E-state index in [2.05, 4.69) is 12.8 Å². The zero-order valence-electron chi connectivity index (χ0n) is 15.1. The molecule has 2 aromatic rings. The number of benzene rings is 2. The molecule has 25 heavy (non-hydrogen) atoms. The Bertz CT molecular complexity index is 706. The van der Waals surface area contributed by atoms with Crippen LogP contribution in [0.5, 0.6) is 5.75 Å². The van der Waals surface area contributed by atoms with Crippen LogP contribution in [0, 0.1) is 12.8 Å². The molecule has 0 aliphatic rings. The van der Waals surface area contributed by atoms with Crippen LogP contribution in [-0.4, -0.2) is 31.0 Å². The Morgan fingerprint density at radius 3 is 2.20 bits per heavy atom. The van der Waals surface area contributed by atoms with E-state index in [1.165, 1.54) is 0 Å².